The maximum Gasteiger partial charge on any atom is 0.244 e. The first kappa shape index (κ1) is 18.4. The van der Waals surface area contributed by atoms with E-state index in [2.05, 4.69) is 11.4 Å². The molecule has 0 saturated carbocycles. The summed E-state index contributed by atoms with van der Waals surface area (Å²) in [6, 6.07) is 7.91. The van der Waals surface area contributed by atoms with Crippen LogP contribution in [0.3, 0.4) is 0 Å². The van der Waals surface area contributed by atoms with E-state index in [-0.39, 0.29) is 12.5 Å². The van der Waals surface area contributed by atoms with Crippen molar-refractivity contribution in [2.45, 2.75) is 32.2 Å². The van der Waals surface area contributed by atoms with Crippen molar-refractivity contribution < 1.29 is 14.3 Å². The molecular weight excluding hydrogens is 374 g/mol. The highest BCUT2D eigenvalue weighted by atomic mass is 32.1. The Morgan fingerprint density at radius 1 is 1.29 bits per heavy atom. The van der Waals surface area contributed by atoms with Crippen molar-refractivity contribution in [1.82, 2.24) is 4.57 Å². The number of nitrogens with zero attached hydrogens (tertiary/aromatic N) is 2. The SMILES string of the molecule is COc1cc(OC)c2ccn(CC(=O)Nc3sc4c(c3C#N)CCCC4)c2c1. The second-order valence-electron chi connectivity index (χ2n) is 6.78. The smallest absolute Gasteiger partial charge is 0.244 e. The molecule has 1 amide bonds. The van der Waals surface area contributed by atoms with Crippen molar-refractivity contribution in [1.29, 1.82) is 5.26 Å². The molecule has 3 aromatic rings. The zero-order valence-electron chi connectivity index (χ0n) is 15.9. The maximum absolute atomic E-state index is 12.7. The van der Waals surface area contributed by atoms with Crippen molar-refractivity contribution in [3.05, 3.63) is 40.4 Å². The number of rotatable bonds is 5. The fraction of sp³-hybridized carbons (Fsp3) is 0.333. The third-order valence-electron chi connectivity index (χ3n) is 5.13. The van der Waals surface area contributed by atoms with Crippen LogP contribution >= 0.6 is 11.3 Å². The summed E-state index contributed by atoms with van der Waals surface area (Å²) < 4.78 is 12.6. The zero-order chi connectivity index (χ0) is 19.7. The Morgan fingerprint density at radius 2 is 2.11 bits per heavy atom. The molecule has 1 aliphatic rings. The van der Waals surface area contributed by atoms with Crippen LogP contribution in [0.1, 0.15) is 28.8 Å². The van der Waals surface area contributed by atoms with E-state index < -0.39 is 0 Å². The monoisotopic (exact) mass is 395 g/mol. The minimum Gasteiger partial charge on any atom is -0.497 e. The van der Waals surface area contributed by atoms with Crippen molar-refractivity contribution in [2.24, 2.45) is 0 Å². The lowest BCUT2D eigenvalue weighted by atomic mass is 9.96. The van der Waals surface area contributed by atoms with Gasteiger partial charge in [0.1, 0.15) is 29.1 Å². The number of hydrogen-bond acceptors (Lipinski definition) is 5. The van der Waals surface area contributed by atoms with Gasteiger partial charge in [-0.25, -0.2) is 0 Å². The molecule has 0 atom stereocenters. The predicted molar refractivity (Wildman–Crippen MR) is 109 cm³/mol. The number of nitriles is 1. The first-order chi connectivity index (χ1) is 13.6. The van der Waals surface area contributed by atoms with Gasteiger partial charge in [-0.2, -0.15) is 5.26 Å². The van der Waals surface area contributed by atoms with E-state index >= 15 is 0 Å². The van der Waals surface area contributed by atoms with Crippen LogP contribution in [0.15, 0.2) is 24.4 Å². The number of ether oxygens (including phenoxy) is 2. The van der Waals surface area contributed by atoms with E-state index in [4.69, 9.17) is 9.47 Å². The predicted octanol–water partition coefficient (Wildman–Crippen LogP) is 4.11. The normalized spacial score (nSPS) is 13.0. The van der Waals surface area contributed by atoms with Crippen molar-refractivity contribution in [3.8, 4) is 17.6 Å². The Labute approximate surface area is 167 Å². The van der Waals surface area contributed by atoms with Gasteiger partial charge < -0.3 is 19.4 Å². The standard InChI is InChI=1S/C21H21N3O3S/c1-26-13-9-17-15(18(10-13)27-2)7-8-24(17)12-20(25)23-21-16(11-22)14-5-3-4-6-19(14)28-21/h7-10H,3-6,12H2,1-2H3,(H,23,25). The van der Waals surface area contributed by atoms with E-state index in [9.17, 15) is 10.1 Å². The summed E-state index contributed by atoms with van der Waals surface area (Å²) in [7, 11) is 3.21. The third kappa shape index (κ3) is 3.20. The average Bonchev–Trinajstić information content (AvgIpc) is 3.27. The molecule has 1 N–H and O–H groups in total. The molecule has 1 aromatic carbocycles. The number of nitrogens with one attached hydrogen (secondary N) is 1. The highest BCUT2D eigenvalue weighted by molar-refractivity contribution is 7.16. The number of fused-ring (bicyclic) bond motifs is 2. The van der Waals surface area contributed by atoms with E-state index in [1.165, 1.54) is 16.2 Å². The number of carbonyl (C=O) groups is 1. The number of aromatic nitrogens is 1. The molecule has 0 fully saturated rings. The lowest BCUT2D eigenvalue weighted by Gasteiger charge is -2.10. The van der Waals surface area contributed by atoms with Crippen molar-refractivity contribution in [2.75, 3.05) is 19.5 Å². The van der Waals surface area contributed by atoms with Crippen LogP contribution in [0.5, 0.6) is 11.5 Å². The molecule has 7 heteroatoms. The molecule has 4 rings (SSSR count). The molecule has 0 bridgehead atoms. The van der Waals surface area contributed by atoms with Gasteiger partial charge in [0.25, 0.3) is 0 Å². The lowest BCUT2D eigenvalue weighted by molar-refractivity contribution is -0.116. The van der Waals surface area contributed by atoms with Crippen LogP contribution in [-0.2, 0) is 24.2 Å². The van der Waals surface area contributed by atoms with E-state index in [1.807, 2.05) is 29.0 Å². The Balaban J connectivity index is 1.60. The number of carbonyl (C=O) groups excluding carboxylic acids is 1. The molecule has 0 unspecified atom stereocenters. The van der Waals surface area contributed by atoms with Crippen LogP contribution in [0, 0.1) is 11.3 Å². The summed E-state index contributed by atoms with van der Waals surface area (Å²) in [5.74, 6) is 1.21. The number of amides is 1. The Bertz CT molecular complexity index is 1090. The first-order valence-electron chi connectivity index (χ1n) is 9.20. The van der Waals surface area contributed by atoms with Gasteiger partial charge in [0, 0.05) is 28.6 Å². The molecule has 28 heavy (non-hydrogen) atoms. The molecule has 2 heterocycles. The van der Waals surface area contributed by atoms with Gasteiger partial charge in [-0.3, -0.25) is 4.79 Å². The van der Waals surface area contributed by atoms with Gasteiger partial charge in [-0.15, -0.1) is 11.3 Å². The van der Waals surface area contributed by atoms with Gasteiger partial charge in [-0.05, 0) is 37.3 Å². The van der Waals surface area contributed by atoms with Crippen LogP contribution in [0.25, 0.3) is 10.9 Å². The number of anilines is 1. The molecule has 0 aliphatic heterocycles. The van der Waals surface area contributed by atoms with Gasteiger partial charge in [-0.1, -0.05) is 0 Å². The molecule has 0 saturated heterocycles. The Hall–Kier alpha value is -2.98. The minimum absolute atomic E-state index is 0.146. The van der Waals surface area contributed by atoms with Crippen molar-refractivity contribution >= 4 is 33.1 Å². The summed E-state index contributed by atoms with van der Waals surface area (Å²) in [6.45, 7) is 0.146. The highest BCUT2D eigenvalue weighted by Crippen LogP contribution is 2.37. The second-order valence-corrected chi connectivity index (χ2v) is 7.89. The average molecular weight is 395 g/mol. The lowest BCUT2D eigenvalue weighted by Crippen LogP contribution is -2.18. The topological polar surface area (TPSA) is 76.3 Å². The molecule has 144 valence electrons. The fourth-order valence-corrected chi connectivity index (χ4v) is 5.01. The zero-order valence-corrected chi connectivity index (χ0v) is 16.7. The minimum atomic E-state index is -0.158. The van der Waals surface area contributed by atoms with Gasteiger partial charge in [0.2, 0.25) is 5.91 Å². The summed E-state index contributed by atoms with van der Waals surface area (Å²) in [6.07, 6.45) is 6.02. The summed E-state index contributed by atoms with van der Waals surface area (Å²) in [4.78, 5) is 14.0. The number of hydrogen-bond donors (Lipinski definition) is 1. The maximum atomic E-state index is 12.7. The summed E-state index contributed by atoms with van der Waals surface area (Å²) in [5, 5.41) is 14.1. The van der Waals surface area contributed by atoms with E-state index in [1.54, 1.807) is 14.2 Å². The molecule has 1 aliphatic carbocycles. The molecule has 0 radical (unpaired) electrons. The summed E-state index contributed by atoms with van der Waals surface area (Å²) >= 11 is 1.54. The van der Waals surface area contributed by atoms with Gasteiger partial charge in [0.15, 0.2) is 0 Å². The van der Waals surface area contributed by atoms with Crippen LogP contribution in [0.2, 0.25) is 0 Å². The first-order valence-corrected chi connectivity index (χ1v) is 10.0. The van der Waals surface area contributed by atoms with Crippen LogP contribution in [-0.4, -0.2) is 24.7 Å². The quantitative estimate of drug-likeness (QED) is 0.705. The van der Waals surface area contributed by atoms with Gasteiger partial charge >= 0.3 is 0 Å². The fourth-order valence-electron chi connectivity index (χ4n) is 3.76. The molecule has 6 nitrogen and oxygen atoms in total. The van der Waals surface area contributed by atoms with Gasteiger partial charge in [0.05, 0.1) is 25.3 Å². The Kier molecular flexibility index (Phi) is 4.97. The number of methoxy groups -OCH3 is 2. The Morgan fingerprint density at radius 3 is 2.86 bits per heavy atom. The second kappa shape index (κ2) is 7.56. The largest absolute Gasteiger partial charge is 0.497 e. The number of benzene rings is 1. The molecule has 0 spiro atoms. The molecule has 2 aromatic heterocycles. The highest BCUT2D eigenvalue weighted by Gasteiger charge is 2.22. The number of thiophene rings is 1. The number of aryl methyl sites for hydroxylation is 1. The van der Waals surface area contributed by atoms with Crippen LogP contribution in [0.4, 0.5) is 5.00 Å². The molecular formula is C21H21N3O3S. The van der Waals surface area contributed by atoms with E-state index in [0.29, 0.717) is 22.1 Å². The van der Waals surface area contributed by atoms with Crippen LogP contribution < -0.4 is 14.8 Å². The third-order valence-corrected chi connectivity index (χ3v) is 6.34. The van der Waals surface area contributed by atoms with Crippen molar-refractivity contribution in [3.63, 3.8) is 0 Å². The summed E-state index contributed by atoms with van der Waals surface area (Å²) in [5.41, 5.74) is 2.61. The van der Waals surface area contributed by atoms with E-state index in [0.717, 1.165) is 42.1 Å².